The van der Waals surface area contributed by atoms with Crippen molar-refractivity contribution in [2.45, 2.75) is 37.0 Å². The molecule has 0 bridgehead atoms. The lowest BCUT2D eigenvalue weighted by Crippen LogP contribution is -2.27. The van der Waals surface area contributed by atoms with Crippen LogP contribution in [0.4, 0.5) is 10.1 Å². The summed E-state index contributed by atoms with van der Waals surface area (Å²) in [7, 11) is -3.55. The predicted octanol–water partition coefficient (Wildman–Crippen LogP) is 3.60. The number of carbonyl (C=O) groups is 2. The van der Waals surface area contributed by atoms with E-state index in [-0.39, 0.29) is 29.4 Å². The average Bonchev–Trinajstić information content (AvgIpc) is 3.24. The molecule has 29 heavy (non-hydrogen) atoms. The van der Waals surface area contributed by atoms with Gasteiger partial charge in [-0.05, 0) is 61.7 Å². The Morgan fingerprint density at radius 1 is 1.00 bits per heavy atom. The third-order valence-corrected chi connectivity index (χ3v) is 6.69. The Labute approximate surface area is 169 Å². The fourth-order valence-electron chi connectivity index (χ4n) is 3.22. The number of carbonyl (C=O) groups excluding carboxylic acids is 2. The summed E-state index contributed by atoms with van der Waals surface area (Å²) in [5.74, 6) is -0.862. The Morgan fingerprint density at radius 3 is 2.38 bits per heavy atom. The molecule has 0 radical (unpaired) electrons. The second kappa shape index (κ2) is 9.28. The van der Waals surface area contributed by atoms with E-state index in [0.29, 0.717) is 30.8 Å². The first kappa shape index (κ1) is 21.1. The molecule has 1 aliphatic rings. The van der Waals surface area contributed by atoms with Gasteiger partial charge in [0.1, 0.15) is 5.82 Å². The van der Waals surface area contributed by atoms with Crippen molar-refractivity contribution in [1.82, 2.24) is 4.31 Å². The Hall–Kier alpha value is -2.58. The normalized spacial score (nSPS) is 14.7. The third kappa shape index (κ3) is 5.48. The molecule has 0 saturated carbocycles. The highest BCUT2D eigenvalue weighted by Crippen LogP contribution is 2.23. The number of hydrogen-bond donors (Lipinski definition) is 1. The maximum atomic E-state index is 12.9. The van der Waals surface area contributed by atoms with E-state index in [1.165, 1.54) is 40.7 Å². The molecule has 0 unspecified atom stereocenters. The second-order valence-corrected chi connectivity index (χ2v) is 8.91. The van der Waals surface area contributed by atoms with E-state index >= 15 is 0 Å². The molecule has 1 fully saturated rings. The molecule has 0 spiro atoms. The molecular weight excluding hydrogens is 395 g/mol. The minimum absolute atomic E-state index is 0.121. The van der Waals surface area contributed by atoms with Gasteiger partial charge in [-0.1, -0.05) is 6.07 Å². The van der Waals surface area contributed by atoms with Gasteiger partial charge in [-0.2, -0.15) is 4.31 Å². The number of benzene rings is 2. The topological polar surface area (TPSA) is 83.5 Å². The molecule has 1 saturated heterocycles. The lowest BCUT2D eigenvalue weighted by Gasteiger charge is -2.16. The molecule has 8 heteroatoms. The number of sulfonamides is 1. The van der Waals surface area contributed by atoms with Gasteiger partial charge >= 0.3 is 0 Å². The van der Waals surface area contributed by atoms with Gasteiger partial charge in [0.2, 0.25) is 15.9 Å². The summed E-state index contributed by atoms with van der Waals surface area (Å²) >= 11 is 0. The van der Waals surface area contributed by atoms with E-state index in [1.54, 1.807) is 12.1 Å². The van der Waals surface area contributed by atoms with Crippen LogP contribution in [0.25, 0.3) is 0 Å². The van der Waals surface area contributed by atoms with Gasteiger partial charge in [0.25, 0.3) is 0 Å². The molecule has 154 valence electrons. The van der Waals surface area contributed by atoms with E-state index in [4.69, 9.17) is 0 Å². The van der Waals surface area contributed by atoms with Crippen molar-refractivity contribution in [3.8, 4) is 0 Å². The number of anilines is 1. The van der Waals surface area contributed by atoms with E-state index in [2.05, 4.69) is 5.32 Å². The molecule has 6 nitrogen and oxygen atoms in total. The maximum absolute atomic E-state index is 12.9. The largest absolute Gasteiger partial charge is 0.326 e. The molecule has 3 rings (SSSR count). The number of nitrogens with one attached hydrogen (secondary N) is 1. The third-order valence-electron chi connectivity index (χ3n) is 4.79. The number of nitrogens with zero attached hydrogens (tertiary/aromatic N) is 1. The summed E-state index contributed by atoms with van der Waals surface area (Å²) in [5, 5.41) is 2.68. The SMILES string of the molecule is O=C(CCCC(=O)c1ccc(F)cc1)Nc1cccc(S(=O)(=O)N2CCCC2)c1. The predicted molar refractivity (Wildman–Crippen MR) is 108 cm³/mol. The highest BCUT2D eigenvalue weighted by atomic mass is 32.2. The minimum atomic E-state index is -3.55. The molecular formula is C21H23FN2O4S. The first-order chi connectivity index (χ1) is 13.9. The molecule has 1 amide bonds. The first-order valence-electron chi connectivity index (χ1n) is 9.55. The molecule has 0 atom stereocenters. The minimum Gasteiger partial charge on any atom is -0.326 e. The summed E-state index contributed by atoms with van der Waals surface area (Å²) < 4.78 is 39.6. The van der Waals surface area contributed by atoms with Gasteiger partial charge in [0.05, 0.1) is 4.90 Å². The number of Topliss-reactive ketones (excluding diaryl/α,β-unsaturated/α-hetero) is 1. The number of ketones is 1. The zero-order chi connectivity index (χ0) is 20.9. The van der Waals surface area contributed by atoms with E-state index in [9.17, 15) is 22.4 Å². The van der Waals surface area contributed by atoms with Crippen LogP contribution in [0.3, 0.4) is 0 Å². The molecule has 0 aliphatic carbocycles. The van der Waals surface area contributed by atoms with Gasteiger partial charge < -0.3 is 5.32 Å². The van der Waals surface area contributed by atoms with Gasteiger partial charge in [0.15, 0.2) is 5.78 Å². The average molecular weight is 418 g/mol. The Morgan fingerprint density at radius 2 is 1.69 bits per heavy atom. The highest BCUT2D eigenvalue weighted by molar-refractivity contribution is 7.89. The second-order valence-electron chi connectivity index (χ2n) is 6.97. The fraction of sp³-hybridized carbons (Fsp3) is 0.333. The molecule has 1 N–H and O–H groups in total. The number of amides is 1. The van der Waals surface area contributed by atoms with Crippen LogP contribution in [0.5, 0.6) is 0 Å². The lowest BCUT2D eigenvalue weighted by molar-refractivity contribution is -0.116. The monoisotopic (exact) mass is 418 g/mol. The quantitative estimate of drug-likeness (QED) is 0.664. The Bertz CT molecular complexity index is 984. The number of rotatable bonds is 8. The van der Waals surface area contributed by atoms with Crippen LogP contribution >= 0.6 is 0 Å². The van der Waals surface area contributed by atoms with Crippen LogP contribution in [-0.2, 0) is 14.8 Å². The van der Waals surface area contributed by atoms with Crippen molar-refractivity contribution in [3.05, 3.63) is 59.9 Å². The van der Waals surface area contributed by atoms with Crippen molar-refractivity contribution in [2.24, 2.45) is 0 Å². The van der Waals surface area contributed by atoms with Crippen molar-refractivity contribution in [2.75, 3.05) is 18.4 Å². The van der Waals surface area contributed by atoms with Crippen molar-refractivity contribution < 1.29 is 22.4 Å². The van der Waals surface area contributed by atoms with Gasteiger partial charge in [-0.15, -0.1) is 0 Å². The van der Waals surface area contributed by atoms with E-state index < -0.39 is 15.8 Å². The van der Waals surface area contributed by atoms with Crippen molar-refractivity contribution in [3.63, 3.8) is 0 Å². The van der Waals surface area contributed by atoms with Gasteiger partial charge in [-0.3, -0.25) is 9.59 Å². The Kier molecular flexibility index (Phi) is 6.76. The highest BCUT2D eigenvalue weighted by Gasteiger charge is 2.27. The number of halogens is 1. The molecule has 1 heterocycles. The van der Waals surface area contributed by atoms with Crippen molar-refractivity contribution >= 4 is 27.4 Å². The van der Waals surface area contributed by atoms with Gasteiger partial charge in [-0.25, -0.2) is 12.8 Å². The first-order valence-corrected chi connectivity index (χ1v) is 11.0. The summed E-state index contributed by atoms with van der Waals surface area (Å²) in [4.78, 5) is 24.4. The molecule has 1 aliphatic heterocycles. The van der Waals surface area contributed by atoms with Crippen LogP contribution in [-0.4, -0.2) is 37.5 Å². The summed E-state index contributed by atoms with van der Waals surface area (Å²) in [5.41, 5.74) is 0.812. The maximum Gasteiger partial charge on any atom is 0.243 e. The summed E-state index contributed by atoms with van der Waals surface area (Å²) in [6, 6.07) is 11.5. The van der Waals surface area contributed by atoms with E-state index in [0.717, 1.165) is 12.8 Å². The lowest BCUT2D eigenvalue weighted by atomic mass is 10.1. The Balaban J connectivity index is 1.53. The van der Waals surface area contributed by atoms with Crippen LogP contribution in [0.15, 0.2) is 53.4 Å². The smallest absolute Gasteiger partial charge is 0.243 e. The number of hydrogen-bond acceptors (Lipinski definition) is 4. The van der Waals surface area contributed by atoms with Crippen LogP contribution < -0.4 is 5.32 Å². The molecule has 2 aromatic carbocycles. The summed E-state index contributed by atoms with van der Waals surface area (Å²) in [6.07, 6.45) is 2.34. The molecule has 2 aromatic rings. The standard InChI is InChI=1S/C21H23FN2O4S/c22-17-11-9-16(10-12-17)20(25)7-4-8-21(26)23-18-5-3-6-19(15-18)29(27,28)24-13-1-2-14-24/h3,5-6,9-12,15H,1-2,4,7-8,13-14H2,(H,23,26). The zero-order valence-corrected chi connectivity index (χ0v) is 16.8. The summed E-state index contributed by atoms with van der Waals surface area (Å²) in [6.45, 7) is 1.03. The van der Waals surface area contributed by atoms with Crippen LogP contribution in [0, 0.1) is 5.82 Å². The van der Waals surface area contributed by atoms with Gasteiger partial charge in [0, 0.05) is 37.2 Å². The van der Waals surface area contributed by atoms with Crippen LogP contribution in [0.2, 0.25) is 0 Å². The van der Waals surface area contributed by atoms with Crippen LogP contribution in [0.1, 0.15) is 42.5 Å². The fourth-order valence-corrected chi connectivity index (χ4v) is 4.79. The van der Waals surface area contributed by atoms with Crippen molar-refractivity contribution in [1.29, 1.82) is 0 Å². The molecule has 0 aromatic heterocycles. The zero-order valence-electron chi connectivity index (χ0n) is 15.9. The van der Waals surface area contributed by atoms with E-state index in [1.807, 2.05) is 0 Å².